The first-order chi connectivity index (χ1) is 6.97. The molecule has 1 N–H and O–H groups in total. The number of rotatable bonds is 3. The van der Waals surface area contributed by atoms with Gasteiger partial charge in [0, 0.05) is 0 Å². The Bertz CT molecular complexity index is 271. The van der Waals surface area contributed by atoms with E-state index in [1.54, 1.807) is 0 Å². The van der Waals surface area contributed by atoms with E-state index in [1.165, 1.54) is 30.4 Å². The van der Waals surface area contributed by atoms with Crippen LogP contribution in [0, 0.1) is 5.41 Å². The lowest BCUT2D eigenvalue weighted by molar-refractivity contribution is 0.218. The lowest BCUT2D eigenvalue weighted by Gasteiger charge is -2.33. The highest BCUT2D eigenvalue weighted by Crippen LogP contribution is 2.40. The fourth-order valence-electron chi connectivity index (χ4n) is 2.35. The van der Waals surface area contributed by atoms with Gasteiger partial charge in [-0.1, -0.05) is 38.5 Å². The molecule has 0 spiro atoms. The van der Waals surface area contributed by atoms with Gasteiger partial charge in [-0.25, -0.2) is 0 Å². The molecule has 1 aliphatic rings. The molecule has 0 heterocycles. The second-order valence-corrected chi connectivity index (χ2v) is 5.27. The molecule has 0 fully saturated rings. The zero-order valence-corrected chi connectivity index (χ0v) is 10.5. The van der Waals surface area contributed by atoms with Crippen molar-refractivity contribution >= 4 is 0 Å². The molecule has 1 rings (SSSR count). The lowest BCUT2D eigenvalue weighted by atomic mass is 9.72. The van der Waals surface area contributed by atoms with E-state index in [2.05, 4.69) is 26.8 Å². The summed E-state index contributed by atoms with van der Waals surface area (Å²) in [6, 6.07) is 0. The van der Waals surface area contributed by atoms with Crippen LogP contribution in [0.25, 0.3) is 0 Å². The summed E-state index contributed by atoms with van der Waals surface area (Å²) in [7, 11) is 0. The van der Waals surface area contributed by atoms with Gasteiger partial charge in [0.1, 0.15) is 0 Å². The van der Waals surface area contributed by atoms with E-state index in [-0.39, 0.29) is 11.5 Å². The summed E-state index contributed by atoms with van der Waals surface area (Å²) in [6.45, 7) is 8.82. The van der Waals surface area contributed by atoms with Crippen LogP contribution in [0.2, 0.25) is 0 Å². The topological polar surface area (TPSA) is 20.2 Å². The Kier molecular flexibility index (Phi) is 4.15. The molecule has 0 aromatic heterocycles. The third-order valence-corrected chi connectivity index (χ3v) is 3.45. The van der Waals surface area contributed by atoms with Crippen LogP contribution in [0.3, 0.4) is 0 Å². The summed E-state index contributed by atoms with van der Waals surface area (Å²) >= 11 is 0. The van der Waals surface area contributed by atoms with Crippen LogP contribution < -0.4 is 0 Å². The lowest BCUT2D eigenvalue weighted by Crippen LogP contribution is -2.19. The number of hydrogen-bond acceptors (Lipinski definition) is 1. The van der Waals surface area contributed by atoms with E-state index in [0.29, 0.717) is 0 Å². The molecule has 86 valence electrons. The Balaban J connectivity index is 2.85. The fraction of sp³-hybridized carbons (Fsp3) is 0.714. The molecule has 0 radical (unpaired) electrons. The quantitative estimate of drug-likeness (QED) is 0.747. The molecule has 1 aliphatic carbocycles. The zero-order chi connectivity index (χ0) is 11.5. The molecule has 0 aliphatic heterocycles. The minimum absolute atomic E-state index is 0.284. The van der Waals surface area contributed by atoms with E-state index in [9.17, 15) is 5.11 Å². The highest BCUT2D eigenvalue weighted by atomic mass is 16.3. The Labute approximate surface area is 93.9 Å². The summed E-state index contributed by atoms with van der Waals surface area (Å²) in [5.74, 6) is 0. The molecule has 0 saturated carbocycles. The van der Waals surface area contributed by atoms with E-state index in [0.717, 1.165) is 6.42 Å². The molecule has 0 aromatic carbocycles. The maximum Gasteiger partial charge on any atom is 0.0721 e. The predicted octanol–water partition coefficient (Wildman–Crippen LogP) is 3.84. The van der Waals surface area contributed by atoms with Gasteiger partial charge in [-0.05, 0) is 43.6 Å². The van der Waals surface area contributed by atoms with Gasteiger partial charge < -0.3 is 5.11 Å². The van der Waals surface area contributed by atoms with E-state index in [4.69, 9.17) is 0 Å². The van der Waals surface area contributed by atoms with Gasteiger partial charge in [-0.15, -0.1) is 0 Å². The molecule has 0 amide bonds. The first-order valence-corrected chi connectivity index (χ1v) is 6.04. The van der Waals surface area contributed by atoms with Gasteiger partial charge in [0.2, 0.25) is 0 Å². The van der Waals surface area contributed by atoms with Gasteiger partial charge in [0.05, 0.1) is 6.10 Å². The monoisotopic (exact) mass is 208 g/mol. The van der Waals surface area contributed by atoms with Gasteiger partial charge in [-0.3, -0.25) is 0 Å². The Morgan fingerprint density at radius 3 is 2.67 bits per heavy atom. The highest BCUT2D eigenvalue weighted by Gasteiger charge is 2.26. The number of aliphatic hydroxyl groups excluding tert-OH is 1. The van der Waals surface area contributed by atoms with Crippen LogP contribution in [0.1, 0.15) is 53.4 Å². The average molecular weight is 208 g/mol. The molecule has 0 bridgehead atoms. The number of allylic oxidation sites excluding steroid dienone is 3. The Hall–Kier alpha value is -0.560. The van der Waals surface area contributed by atoms with Gasteiger partial charge in [-0.2, -0.15) is 0 Å². The molecular weight excluding hydrogens is 184 g/mol. The Morgan fingerprint density at radius 1 is 1.47 bits per heavy atom. The van der Waals surface area contributed by atoms with Crippen molar-refractivity contribution in [2.45, 2.75) is 59.5 Å². The normalized spacial score (nSPS) is 23.5. The minimum atomic E-state index is -0.289. The standard InChI is InChI=1S/C14H24O/c1-5-12(15)8-9-13-11(2)7-6-10-14(13,3)4/h8-9,12,15H,5-7,10H2,1-4H3/b9-8+. The number of hydrogen-bond donors (Lipinski definition) is 1. The first kappa shape index (κ1) is 12.5. The highest BCUT2D eigenvalue weighted by molar-refractivity contribution is 5.32. The van der Waals surface area contributed by atoms with Crippen LogP contribution in [0.4, 0.5) is 0 Å². The van der Waals surface area contributed by atoms with Crippen LogP contribution in [0.5, 0.6) is 0 Å². The molecule has 1 atom stereocenters. The van der Waals surface area contributed by atoms with Crippen molar-refractivity contribution in [3.05, 3.63) is 23.3 Å². The summed E-state index contributed by atoms with van der Waals surface area (Å²) in [5, 5.41) is 9.54. The van der Waals surface area contributed by atoms with Crippen molar-refractivity contribution in [1.82, 2.24) is 0 Å². The molecular formula is C14H24O. The third kappa shape index (κ3) is 3.20. The second-order valence-electron chi connectivity index (χ2n) is 5.27. The third-order valence-electron chi connectivity index (χ3n) is 3.45. The molecule has 1 heteroatoms. The maximum absolute atomic E-state index is 9.54. The fourth-order valence-corrected chi connectivity index (χ4v) is 2.35. The molecule has 15 heavy (non-hydrogen) atoms. The number of aliphatic hydroxyl groups is 1. The molecule has 0 saturated heterocycles. The zero-order valence-electron chi connectivity index (χ0n) is 10.5. The van der Waals surface area contributed by atoms with Crippen LogP contribution in [0.15, 0.2) is 23.3 Å². The minimum Gasteiger partial charge on any atom is -0.389 e. The summed E-state index contributed by atoms with van der Waals surface area (Å²) < 4.78 is 0. The van der Waals surface area contributed by atoms with Crippen molar-refractivity contribution in [3.63, 3.8) is 0 Å². The van der Waals surface area contributed by atoms with E-state index in [1.807, 2.05) is 13.0 Å². The van der Waals surface area contributed by atoms with Crippen molar-refractivity contribution in [1.29, 1.82) is 0 Å². The molecule has 0 aromatic rings. The maximum atomic E-state index is 9.54. The van der Waals surface area contributed by atoms with Crippen LogP contribution >= 0.6 is 0 Å². The summed E-state index contributed by atoms with van der Waals surface area (Å²) in [4.78, 5) is 0. The average Bonchev–Trinajstić information content (AvgIpc) is 2.15. The van der Waals surface area contributed by atoms with Crippen molar-refractivity contribution in [2.24, 2.45) is 5.41 Å². The van der Waals surface area contributed by atoms with Gasteiger partial charge in [0.15, 0.2) is 0 Å². The Morgan fingerprint density at radius 2 is 2.13 bits per heavy atom. The summed E-state index contributed by atoms with van der Waals surface area (Å²) in [6.07, 6.45) is 8.35. The summed E-state index contributed by atoms with van der Waals surface area (Å²) in [5.41, 5.74) is 3.21. The smallest absolute Gasteiger partial charge is 0.0721 e. The van der Waals surface area contributed by atoms with Crippen LogP contribution in [-0.2, 0) is 0 Å². The predicted molar refractivity (Wildman–Crippen MR) is 65.8 cm³/mol. The van der Waals surface area contributed by atoms with Crippen LogP contribution in [-0.4, -0.2) is 11.2 Å². The molecule has 1 nitrogen and oxygen atoms in total. The van der Waals surface area contributed by atoms with E-state index >= 15 is 0 Å². The van der Waals surface area contributed by atoms with Crippen molar-refractivity contribution < 1.29 is 5.11 Å². The van der Waals surface area contributed by atoms with Gasteiger partial charge >= 0.3 is 0 Å². The van der Waals surface area contributed by atoms with Crippen molar-refractivity contribution in [3.8, 4) is 0 Å². The first-order valence-electron chi connectivity index (χ1n) is 6.04. The largest absolute Gasteiger partial charge is 0.389 e. The van der Waals surface area contributed by atoms with Gasteiger partial charge in [0.25, 0.3) is 0 Å². The van der Waals surface area contributed by atoms with Crippen molar-refractivity contribution in [2.75, 3.05) is 0 Å². The second kappa shape index (κ2) is 4.98. The van der Waals surface area contributed by atoms with E-state index < -0.39 is 0 Å². The molecule has 1 unspecified atom stereocenters. The SMILES string of the molecule is CCC(O)/C=C/C1=C(C)CCCC1(C)C.